The van der Waals surface area contributed by atoms with Gasteiger partial charge in [0.25, 0.3) is 0 Å². The molecular formula is C45H83O13P. The quantitative estimate of drug-likeness (QED) is 0.0149. The number of rotatable bonds is 38. The molecule has 1 aliphatic carbocycles. The van der Waals surface area contributed by atoms with Gasteiger partial charge in [-0.3, -0.25) is 18.6 Å². The normalized spacial score (nSPS) is 22.5. The van der Waals surface area contributed by atoms with Crippen LogP contribution in [0.15, 0.2) is 24.3 Å². The number of carbonyl (C=O) groups excluding carboxylic acids is 2. The van der Waals surface area contributed by atoms with Crippen LogP contribution in [0.3, 0.4) is 0 Å². The highest BCUT2D eigenvalue weighted by atomic mass is 31.2. The molecular weight excluding hydrogens is 779 g/mol. The zero-order chi connectivity index (χ0) is 43.6. The van der Waals surface area contributed by atoms with Crippen LogP contribution in [0, 0.1) is 0 Å². The minimum Gasteiger partial charge on any atom is -0.462 e. The first-order valence-electron chi connectivity index (χ1n) is 23.1. The number of phosphoric acid groups is 1. The molecule has 0 bridgehead atoms. The molecule has 0 amide bonds. The Morgan fingerprint density at radius 2 is 0.915 bits per heavy atom. The van der Waals surface area contributed by atoms with Gasteiger partial charge in [0.15, 0.2) is 6.10 Å². The number of phosphoric ester groups is 1. The molecule has 1 saturated carbocycles. The molecule has 0 saturated heterocycles. The molecule has 0 spiro atoms. The van der Waals surface area contributed by atoms with Gasteiger partial charge in [-0.05, 0) is 44.9 Å². The minimum atomic E-state index is -5.11. The van der Waals surface area contributed by atoms with Gasteiger partial charge in [0.2, 0.25) is 0 Å². The van der Waals surface area contributed by atoms with Crippen LogP contribution in [0.25, 0.3) is 0 Å². The van der Waals surface area contributed by atoms with Crippen LogP contribution in [0.5, 0.6) is 0 Å². The van der Waals surface area contributed by atoms with Crippen molar-refractivity contribution in [3.63, 3.8) is 0 Å². The summed E-state index contributed by atoms with van der Waals surface area (Å²) in [6.45, 7) is 3.27. The van der Waals surface area contributed by atoms with Crippen molar-refractivity contribution in [3.8, 4) is 0 Å². The van der Waals surface area contributed by atoms with Crippen LogP contribution >= 0.6 is 7.82 Å². The van der Waals surface area contributed by atoms with Crippen molar-refractivity contribution in [2.24, 2.45) is 0 Å². The maximum atomic E-state index is 12.8. The molecule has 1 rings (SSSR count). The van der Waals surface area contributed by atoms with Gasteiger partial charge < -0.3 is 39.9 Å². The third-order valence-corrected chi connectivity index (χ3v) is 11.8. The highest BCUT2D eigenvalue weighted by Gasteiger charge is 2.51. The Kier molecular flexibility index (Phi) is 33.7. The first-order valence-corrected chi connectivity index (χ1v) is 24.6. The molecule has 0 radical (unpaired) electrons. The zero-order valence-electron chi connectivity index (χ0n) is 36.6. The first kappa shape index (κ1) is 55.3. The summed E-state index contributed by atoms with van der Waals surface area (Å²) in [5, 5.41) is 50.1. The van der Waals surface area contributed by atoms with Gasteiger partial charge in [0, 0.05) is 12.8 Å². The summed E-state index contributed by atoms with van der Waals surface area (Å²) in [6, 6.07) is 0. The van der Waals surface area contributed by atoms with E-state index in [-0.39, 0.29) is 12.8 Å². The Bertz CT molecular complexity index is 1130. The number of esters is 2. The van der Waals surface area contributed by atoms with Gasteiger partial charge in [-0.2, -0.15) is 0 Å². The first-order chi connectivity index (χ1) is 28.4. The van der Waals surface area contributed by atoms with Crippen molar-refractivity contribution in [2.45, 2.75) is 236 Å². The van der Waals surface area contributed by atoms with Gasteiger partial charge in [0.1, 0.15) is 43.2 Å². The highest BCUT2D eigenvalue weighted by molar-refractivity contribution is 7.47. The van der Waals surface area contributed by atoms with Crippen LogP contribution in [-0.2, 0) is 32.7 Å². The SMILES string of the molecule is CCCCC/C=C\C/C=C\CCCCCCCCCC(=O)O[C@H](COC(=O)CCCCCCCCCCCCCCC)COP(=O)(O)OC1C(O)C(O)C(O)[C@@H](O)C1O. The topological polar surface area (TPSA) is 210 Å². The average molecular weight is 863 g/mol. The fourth-order valence-corrected chi connectivity index (χ4v) is 8.00. The van der Waals surface area contributed by atoms with Crippen LogP contribution < -0.4 is 0 Å². The second-order valence-corrected chi connectivity index (χ2v) is 17.7. The van der Waals surface area contributed by atoms with E-state index in [1.165, 1.54) is 77.0 Å². The van der Waals surface area contributed by atoms with Crippen LogP contribution in [-0.4, -0.2) is 98.3 Å². The predicted octanol–water partition coefficient (Wildman–Crippen LogP) is 8.84. The van der Waals surface area contributed by atoms with Crippen molar-refractivity contribution in [1.82, 2.24) is 0 Å². The van der Waals surface area contributed by atoms with Crippen molar-refractivity contribution in [3.05, 3.63) is 24.3 Å². The van der Waals surface area contributed by atoms with E-state index in [0.717, 1.165) is 77.0 Å². The Hall–Kier alpha value is -1.67. The molecule has 6 N–H and O–H groups in total. The summed E-state index contributed by atoms with van der Waals surface area (Å²) in [4.78, 5) is 35.7. The van der Waals surface area contributed by atoms with E-state index in [2.05, 4.69) is 38.2 Å². The molecule has 0 aromatic heterocycles. The second kappa shape index (κ2) is 35.9. The molecule has 0 aromatic carbocycles. The lowest BCUT2D eigenvalue weighted by atomic mass is 9.85. The molecule has 13 nitrogen and oxygen atoms in total. The van der Waals surface area contributed by atoms with Crippen LogP contribution in [0.2, 0.25) is 0 Å². The van der Waals surface area contributed by atoms with Crippen LogP contribution in [0.4, 0.5) is 0 Å². The number of hydrogen-bond donors (Lipinski definition) is 6. The number of unbranched alkanes of at least 4 members (excludes halogenated alkanes) is 22. The minimum absolute atomic E-state index is 0.0904. The lowest BCUT2D eigenvalue weighted by Gasteiger charge is -2.41. The molecule has 14 heteroatoms. The Morgan fingerprint density at radius 1 is 0.525 bits per heavy atom. The monoisotopic (exact) mass is 863 g/mol. The van der Waals surface area contributed by atoms with E-state index in [4.69, 9.17) is 18.5 Å². The summed E-state index contributed by atoms with van der Waals surface area (Å²) >= 11 is 0. The maximum absolute atomic E-state index is 12.8. The largest absolute Gasteiger partial charge is 0.472 e. The summed E-state index contributed by atoms with van der Waals surface area (Å²) in [7, 11) is -5.11. The molecule has 0 aromatic rings. The standard InChI is InChI=1S/C45H83O13P/c1-3-5-7-9-11-13-15-17-18-19-20-22-24-26-28-30-32-34-39(47)57-37(36-56-59(53,54)58-45-43(51)41(49)40(48)42(50)44(45)52)35-55-38(46)33-31-29-27-25-23-21-16-14-12-10-8-6-4-2/h11,13,17-18,37,40-45,48-52H,3-10,12,14-16,19-36H2,1-2H3,(H,53,54)/b13-11-,18-17-/t37-,40?,41-,42?,43?,44?,45?/m1/s1. The maximum Gasteiger partial charge on any atom is 0.472 e. The zero-order valence-corrected chi connectivity index (χ0v) is 37.4. The number of aliphatic hydroxyl groups is 5. The Balaban J connectivity index is 2.46. The van der Waals surface area contributed by atoms with E-state index in [9.17, 15) is 44.6 Å². The van der Waals surface area contributed by atoms with Crippen molar-refractivity contribution < 1.29 is 63.1 Å². The van der Waals surface area contributed by atoms with Gasteiger partial charge in [0.05, 0.1) is 6.61 Å². The van der Waals surface area contributed by atoms with E-state index in [1.54, 1.807) is 0 Å². The van der Waals surface area contributed by atoms with E-state index in [0.29, 0.717) is 12.8 Å². The molecule has 0 heterocycles. The average Bonchev–Trinajstić information content (AvgIpc) is 3.21. The lowest BCUT2D eigenvalue weighted by molar-refractivity contribution is -0.220. The number of carbonyl (C=O) groups is 2. The summed E-state index contributed by atoms with van der Waals surface area (Å²) < 4.78 is 33.5. The molecule has 59 heavy (non-hydrogen) atoms. The Labute approximate surface area is 356 Å². The highest BCUT2D eigenvalue weighted by Crippen LogP contribution is 2.47. The molecule has 1 fully saturated rings. The smallest absolute Gasteiger partial charge is 0.462 e. The Morgan fingerprint density at radius 3 is 1.41 bits per heavy atom. The summed E-state index contributed by atoms with van der Waals surface area (Å²) in [5.74, 6) is -1.10. The number of ether oxygens (including phenoxy) is 2. The second-order valence-electron chi connectivity index (χ2n) is 16.3. The van der Waals surface area contributed by atoms with Gasteiger partial charge in [-0.1, -0.05) is 160 Å². The predicted molar refractivity (Wildman–Crippen MR) is 230 cm³/mol. The fourth-order valence-electron chi connectivity index (χ4n) is 7.02. The van der Waals surface area contributed by atoms with Crippen molar-refractivity contribution >= 4 is 19.8 Å². The van der Waals surface area contributed by atoms with Gasteiger partial charge in [-0.15, -0.1) is 0 Å². The van der Waals surface area contributed by atoms with Crippen molar-refractivity contribution in [1.29, 1.82) is 0 Å². The molecule has 6 unspecified atom stereocenters. The molecule has 0 aliphatic heterocycles. The van der Waals surface area contributed by atoms with E-state index in [1.807, 2.05) is 0 Å². The van der Waals surface area contributed by atoms with Crippen LogP contribution in [0.1, 0.15) is 194 Å². The summed E-state index contributed by atoms with van der Waals surface area (Å²) in [6.07, 6.45) is 25.1. The van der Waals surface area contributed by atoms with Gasteiger partial charge in [-0.25, -0.2) is 4.57 Å². The molecule has 346 valence electrons. The molecule has 8 atom stereocenters. The number of hydrogen-bond acceptors (Lipinski definition) is 12. The third kappa shape index (κ3) is 28.5. The van der Waals surface area contributed by atoms with E-state index < -0.39 is 75.7 Å². The van der Waals surface area contributed by atoms with Crippen molar-refractivity contribution in [2.75, 3.05) is 13.2 Å². The number of allylic oxidation sites excluding steroid dienone is 4. The third-order valence-electron chi connectivity index (χ3n) is 10.8. The van der Waals surface area contributed by atoms with Gasteiger partial charge >= 0.3 is 19.8 Å². The number of aliphatic hydroxyl groups excluding tert-OH is 5. The van der Waals surface area contributed by atoms with E-state index >= 15 is 0 Å². The fraction of sp³-hybridized carbons (Fsp3) is 0.867. The molecule has 1 aliphatic rings. The summed E-state index contributed by atoms with van der Waals surface area (Å²) in [5.41, 5.74) is 0. The lowest BCUT2D eigenvalue weighted by Crippen LogP contribution is -2.64.